The van der Waals surface area contributed by atoms with E-state index in [0.717, 1.165) is 0 Å². The highest BCUT2D eigenvalue weighted by molar-refractivity contribution is 7.98. The van der Waals surface area contributed by atoms with Gasteiger partial charge in [0.25, 0.3) is 0 Å². The third-order valence-corrected chi connectivity index (χ3v) is 2.68. The van der Waals surface area contributed by atoms with Crippen molar-refractivity contribution in [1.82, 2.24) is 0 Å². The number of benzene rings is 1. The normalized spacial score (nSPS) is 10.2. The molecule has 0 saturated carbocycles. The Labute approximate surface area is 92.4 Å². The van der Waals surface area contributed by atoms with Crippen LogP contribution in [0.2, 0.25) is 0 Å². The van der Waals surface area contributed by atoms with Crippen LogP contribution in [0.3, 0.4) is 0 Å². The molecule has 1 aromatic rings. The summed E-state index contributed by atoms with van der Waals surface area (Å²) in [5, 5.41) is 18.1. The maximum Gasteiger partial charge on any atom is 0.492 e. The van der Waals surface area contributed by atoms with Crippen LogP contribution >= 0.6 is 11.8 Å². The second-order valence-electron chi connectivity index (χ2n) is 2.80. The van der Waals surface area contributed by atoms with Crippen LogP contribution in [-0.4, -0.2) is 30.0 Å². The van der Waals surface area contributed by atoms with Crippen LogP contribution in [0.4, 0.5) is 4.39 Å². The minimum atomic E-state index is -1.83. The lowest BCUT2D eigenvalue weighted by Crippen LogP contribution is -2.34. The first kappa shape index (κ1) is 12.4. The van der Waals surface area contributed by atoms with Gasteiger partial charge in [0.1, 0.15) is 0 Å². The summed E-state index contributed by atoms with van der Waals surface area (Å²) in [6.45, 7) is 2.06. The van der Waals surface area contributed by atoms with E-state index in [1.807, 2.05) is 0 Å². The quantitative estimate of drug-likeness (QED) is 0.588. The van der Waals surface area contributed by atoms with E-state index in [1.54, 1.807) is 19.2 Å². The van der Waals surface area contributed by atoms with Gasteiger partial charge in [-0.3, -0.25) is 0 Å². The fourth-order valence-corrected chi connectivity index (χ4v) is 1.86. The fraction of sp³-hybridized carbons (Fsp3) is 0.333. The number of hydrogen-bond donors (Lipinski definition) is 2. The van der Waals surface area contributed by atoms with E-state index in [0.29, 0.717) is 11.5 Å². The Bertz CT molecular complexity index is 346. The molecule has 0 aliphatic rings. The lowest BCUT2D eigenvalue weighted by Gasteiger charge is -2.11. The number of thioether (sulfide) groups is 1. The molecule has 0 saturated heterocycles. The van der Waals surface area contributed by atoms with Gasteiger partial charge in [-0.15, -0.1) is 11.8 Å². The molecular formula is C9H12BFO3S. The molecule has 0 bridgehead atoms. The molecule has 82 valence electrons. The van der Waals surface area contributed by atoms with Gasteiger partial charge in [0.15, 0.2) is 11.6 Å². The lowest BCUT2D eigenvalue weighted by molar-refractivity contribution is 0.321. The van der Waals surface area contributed by atoms with Crippen LogP contribution in [0.5, 0.6) is 5.75 Å². The summed E-state index contributed by atoms with van der Waals surface area (Å²) >= 11 is 1.25. The second-order valence-corrected chi connectivity index (χ2v) is 3.65. The van der Waals surface area contributed by atoms with Crippen molar-refractivity contribution in [3.05, 3.63) is 17.9 Å². The van der Waals surface area contributed by atoms with Crippen molar-refractivity contribution >= 4 is 24.3 Å². The van der Waals surface area contributed by atoms with Crippen molar-refractivity contribution in [1.29, 1.82) is 0 Å². The van der Waals surface area contributed by atoms with Crippen LogP contribution in [0, 0.1) is 5.82 Å². The Morgan fingerprint density at radius 2 is 2.13 bits per heavy atom. The molecule has 1 rings (SSSR count). The van der Waals surface area contributed by atoms with E-state index in [9.17, 15) is 4.39 Å². The molecule has 0 aliphatic heterocycles. The Kier molecular flexibility index (Phi) is 4.44. The third kappa shape index (κ3) is 2.65. The van der Waals surface area contributed by atoms with Crippen LogP contribution in [-0.2, 0) is 0 Å². The predicted octanol–water partition coefficient (Wildman–Crippen LogP) is 0.626. The zero-order valence-corrected chi connectivity index (χ0v) is 9.34. The van der Waals surface area contributed by atoms with Gasteiger partial charge >= 0.3 is 7.12 Å². The highest BCUT2D eigenvalue weighted by atomic mass is 32.2. The molecule has 0 aliphatic carbocycles. The number of halogens is 1. The van der Waals surface area contributed by atoms with Gasteiger partial charge in [-0.25, -0.2) is 4.39 Å². The van der Waals surface area contributed by atoms with Crippen molar-refractivity contribution in [2.45, 2.75) is 11.8 Å². The summed E-state index contributed by atoms with van der Waals surface area (Å²) < 4.78 is 18.7. The lowest BCUT2D eigenvalue weighted by atomic mass is 9.79. The Morgan fingerprint density at radius 1 is 1.47 bits per heavy atom. The summed E-state index contributed by atoms with van der Waals surface area (Å²) in [7, 11) is -1.83. The molecule has 0 spiro atoms. The molecule has 6 heteroatoms. The zero-order valence-electron chi connectivity index (χ0n) is 8.53. The molecule has 0 amide bonds. The highest BCUT2D eigenvalue weighted by Crippen LogP contribution is 2.21. The Balaban J connectivity index is 3.23. The monoisotopic (exact) mass is 230 g/mol. The van der Waals surface area contributed by atoms with Gasteiger partial charge in [-0.1, -0.05) is 0 Å². The number of hydrogen-bond acceptors (Lipinski definition) is 4. The van der Waals surface area contributed by atoms with Gasteiger partial charge < -0.3 is 14.8 Å². The van der Waals surface area contributed by atoms with Crippen molar-refractivity contribution in [2.75, 3.05) is 12.9 Å². The minimum Gasteiger partial charge on any atom is -0.491 e. The van der Waals surface area contributed by atoms with E-state index >= 15 is 0 Å². The van der Waals surface area contributed by atoms with Crippen LogP contribution in [0.15, 0.2) is 17.0 Å². The van der Waals surface area contributed by atoms with Crippen molar-refractivity contribution < 1.29 is 19.2 Å². The highest BCUT2D eigenvalue weighted by Gasteiger charge is 2.23. The topological polar surface area (TPSA) is 49.7 Å². The molecule has 2 N–H and O–H groups in total. The summed E-state index contributed by atoms with van der Waals surface area (Å²) in [6, 6.07) is 3.09. The summed E-state index contributed by atoms with van der Waals surface area (Å²) in [6.07, 6.45) is 1.74. The Morgan fingerprint density at radius 3 is 2.60 bits per heavy atom. The van der Waals surface area contributed by atoms with Gasteiger partial charge in [-0.2, -0.15) is 0 Å². The molecule has 3 nitrogen and oxygen atoms in total. The van der Waals surface area contributed by atoms with Gasteiger partial charge in [0.05, 0.1) is 6.61 Å². The maximum atomic E-state index is 13.7. The molecule has 15 heavy (non-hydrogen) atoms. The van der Waals surface area contributed by atoms with Crippen molar-refractivity contribution in [2.24, 2.45) is 0 Å². The predicted molar refractivity (Wildman–Crippen MR) is 59.2 cm³/mol. The Hall–Kier alpha value is -0.715. The van der Waals surface area contributed by atoms with E-state index in [4.69, 9.17) is 14.8 Å². The number of ether oxygens (including phenoxy) is 1. The van der Waals surface area contributed by atoms with Crippen molar-refractivity contribution in [3.8, 4) is 5.75 Å². The molecule has 1 aromatic carbocycles. The molecule has 0 aromatic heterocycles. The zero-order chi connectivity index (χ0) is 11.4. The van der Waals surface area contributed by atoms with Gasteiger partial charge in [0, 0.05) is 10.4 Å². The summed E-state index contributed by atoms with van der Waals surface area (Å²) in [4.78, 5) is 0.492. The first-order valence-electron chi connectivity index (χ1n) is 4.47. The minimum absolute atomic E-state index is 0.0402. The fourth-order valence-electron chi connectivity index (χ4n) is 1.24. The van der Waals surface area contributed by atoms with Crippen molar-refractivity contribution in [3.63, 3.8) is 0 Å². The third-order valence-electron chi connectivity index (χ3n) is 1.88. The van der Waals surface area contributed by atoms with E-state index < -0.39 is 12.9 Å². The molecule has 0 fully saturated rings. The van der Waals surface area contributed by atoms with Crippen LogP contribution < -0.4 is 10.2 Å². The first-order chi connectivity index (χ1) is 7.11. The SMILES string of the molecule is CCOc1ccc(SC)c(B(O)O)c1F. The average molecular weight is 230 g/mol. The standard InChI is InChI=1S/C9H12BFO3S/c1-3-14-6-4-5-7(15-2)8(9(6)11)10(12)13/h4-5,12-13H,3H2,1-2H3. The second kappa shape index (κ2) is 5.39. The molecule has 0 unspecified atom stereocenters. The largest absolute Gasteiger partial charge is 0.492 e. The van der Waals surface area contributed by atoms with Gasteiger partial charge in [-0.05, 0) is 25.3 Å². The first-order valence-corrected chi connectivity index (χ1v) is 5.69. The smallest absolute Gasteiger partial charge is 0.491 e. The summed E-state index contributed by atoms with van der Waals surface area (Å²) in [5.74, 6) is -0.669. The van der Waals surface area contributed by atoms with Crippen LogP contribution in [0.25, 0.3) is 0 Å². The average Bonchev–Trinajstić information content (AvgIpc) is 2.20. The van der Waals surface area contributed by atoms with E-state index in [2.05, 4.69) is 0 Å². The molecule has 0 radical (unpaired) electrons. The van der Waals surface area contributed by atoms with E-state index in [1.165, 1.54) is 17.8 Å². The summed E-state index contributed by atoms with van der Waals surface area (Å²) in [5.41, 5.74) is -0.131. The maximum absolute atomic E-state index is 13.7. The van der Waals surface area contributed by atoms with E-state index in [-0.39, 0.29) is 11.2 Å². The van der Waals surface area contributed by atoms with Crippen LogP contribution in [0.1, 0.15) is 6.92 Å². The number of rotatable bonds is 4. The molecular weight excluding hydrogens is 218 g/mol. The molecule has 0 heterocycles. The molecule has 0 atom stereocenters. The van der Waals surface area contributed by atoms with Gasteiger partial charge in [0.2, 0.25) is 0 Å².